The molecule has 1 atom stereocenters. The SMILES string of the molecule is C[C@H](NC(=O)c1ccccc1Br)c1nnc(SCC(=O)N2CCOCC2)n1C. The van der Waals surface area contributed by atoms with E-state index in [1.807, 2.05) is 36.7 Å². The highest BCUT2D eigenvalue weighted by Gasteiger charge is 2.21. The maximum absolute atomic E-state index is 12.5. The van der Waals surface area contributed by atoms with Crippen molar-refractivity contribution in [3.05, 3.63) is 40.1 Å². The Morgan fingerprint density at radius 2 is 2.00 bits per heavy atom. The number of hydrogen-bond donors (Lipinski definition) is 1. The molecule has 0 saturated carbocycles. The molecule has 1 saturated heterocycles. The predicted octanol–water partition coefficient (Wildman–Crippen LogP) is 2.02. The van der Waals surface area contributed by atoms with Gasteiger partial charge in [-0.25, -0.2) is 0 Å². The molecule has 28 heavy (non-hydrogen) atoms. The predicted molar refractivity (Wildman–Crippen MR) is 109 cm³/mol. The second-order valence-corrected chi connectivity index (χ2v) is 8.15. The third kappa shape index (κ3) is 4.92. The van der Waals surface area contributed by atoms with E-state index in [4.69, 9.17) is 4.74 Å². The van der Waals surface area contributed by atoms with Crippen LogP contribution in [0.4, 0.5) is 0 Å². The molecular formula is C18H22BrN5O3S. The van der Waals surface area contributed by atoms with Gasteiger partial charge in [0.2, 0.25) is 5.91 Å². The van der Waals surface area contributed by atoms with Crippen molar-refractivity contribution in [1.29, 1.82) is 0 Å². The van der Waals surface area contributed by atoms with Crippen molar-refractivity contribution in [1.82, 2.24) is 25.0 Å². The van der Waals surface area contributed by atoms with Gasteiger partial charge in [-0.3, -0.25) is 9.59 Å². The summed E-state index contributed by atoms with van der Waals surface area (Å²) in [5.74, 6) is 0.790. The molecule has 0 bridgehead atoms. The van der Waals surface area contributed by atoms with Gasteiger partial charge in [-0.05, 0) is 35.0 Å². The summed E-state index contributed by atoms with van der Waals surface area (Å²) in [4.78, 5) is 26.6. The van der Waals surface area contributed by atoms with E-state index in [0.717, 1.165) is 4.47 Å². The van der Waals surface area contributed by atoms with Gasteiger partial charge in [-0.15, -0.1) is 10.2 Å². The van der Waals surface area contributed by atoms with Gasteiger partial charge in [0.25, 0.3) is 5.91 Å². The minimum absolute atomic E-state index is 0.0631. The number of hydrogen-bond acceptors (Lipinski definition) is 6. The molecule has 1 fully saturated rings. The lowest BCUT2D eigenvalue weighted by molar-refractivity contribution is -0.132. The zero-order valence-electron chi connectivity index (χ0n) is 15.7. The van der Waals surface area contributed by atoms with Crippen molar-refractivity contribution in [3.8, 4) is 0 Å². The van der Waals surface area contributed by atoms with Crippen LogP contribution >= 0.6 is 27.7 Å². The Balaban J connectivity index is 1.59. The number of morpholine rings is 1. The van der Waals surface area contributed by atoms with Crippen molar-refractivity contribution in [2.75, 3.05) is 32.1 Å². The number of rotatable bonds is 6. The second-order valence-electron chi connectivity index (χ2n) is 6.36. The molecule has 0 aliphatic carbocycles. The second kappa shape index (κ2) is 9.53. The van der Waals surface area contributed by atoms with E-state index in [0.29, 0.717) is 48.6 Å². The summed E-state index contributed by atoms with van der Waals surface area (Å²) in [6.07, 6.45) is 0. The van der Waals surface area contributed by atoms with Crippen LogP contribution in [0.5, 0.6) is 0 Å². The van der Waals surface area contributed by atoms with Crippen molar-refractivity contribution >= 4 is 39.5 Å². The molecule has 1 N–H and O–H groups in total. The molecule has 150 valence electrons. The van der Waals surface area contributed by atoms with E-state index in [-0.39, 0.29) is 17.9 Å². The Hall–Kier alpha value is -1.91. The van der Waals surface area contributed by atoms with Crippen LogP contribution in [-0.2, 0) is 16.6 Å². The standard InChI is InChI=1S/C18H22BrN5O3S/c1-12(20-17(26)13-5-3-4-6-14(13)19)16-21-22-18(23(16)2)28-11-15(25)24-7-9-27-10-8-24/h3-6,12H,7-11H2,1-2H3,(H,20,26)/t12-/m0/s1. The first-order valence-electron chi connectivity index (χ1n) is 8.90. The first kappa shape index (κ1) is 20.8. The van der Waals surface area contributed by atoms with Gasteiger partial charge in [-0.2, -0.15) is 0 Å². The highest BCUT2D eigenvalue weighted by atomic mass is 79.9. The molecule has 8 nitrogen and oxygen atoms in total. The fraction of sp³-hybridized carbons (Fsp3) is 0.444. The average molecular weight is 468 g/mol. The fourth-order valence-corrected chi connectivity index (χ4v) is 4.13. The smallest absolute Gasteiger partial charge is 0.253 e. The number of nitrogens with zero attached hydrogens (tertiary/aromatic N) is 4. The summed E-state index contributed by atoms with van der Waals surface area (Å²) in [5.41, 5.74) is 0.558. The van der Waals surface area contributed by atoms with Crippen molar-refractivity contribution < 1.29 is 14.3 Å². The summed E-state index contributed by atoms with van der Waals surface area (Å²) < 4.78 is 7.81. The lowest BCUT2D eigenvalue weighted by Gasteiger charge is -2.26. The first-order chi connectivity index (χ1) is 13.5. The van der Waals surface area contributed by atoms with Crippen LogP contribution < -0.4 is 5.32 Å². The number of aromatic nitrogens is 3. The number of thioether (sulfide) groups is 1. The molecule has 1 aromatic carbocycles. The normalized spacial score (nSPS) is 15.3. The Morgan fingerprint density at radius 3 is 2.71 bits per heavy atom. The number of carbonyl (C=O) groups is 2. The number of carbonyl (C=O) groups excluding carboxylic acids is 2. The molecule has 3 rings (SSSR count). The van der Waals surface area contributed by atoms with Crippen LogP contribution in [0.15, 0.2) is 33.9 Å². The molecule has 2 aromatic rings. The Bertz CT molecular complexity index is 853. The molecule has 10 heteroatoms. The molecular weight excluding hydrogens is 446 g/mol. The van der Waals surface area contributed by atoms with Crippen molar-refractivity contribution in [2.45, 2.75) is 18.1 Å². The van der Waals surface area contributed by atoms with E-state index < -0.39 is 0 Å². The monoisotopic (exact) mass is 467 g/mol. The molecule has 0 unspecified atom stereocenters. The quantitative estimate of drug-likeness (QED) is 0.653. The maximum atomic E-state index is 12.5. The number of nitrogens with one attached hydrogen (secondary N) is 1. The zero-order valence-corrected chi connectivity index (χ0v) is 18.1. The van der Waals surface area contributed by atoms with E-state index in [9.17, 15) is 9.59 Å². The van der Waals surface area contributed by atoms with Gasteiger partial charge in [0.05, 0.1) is 30.6 Å². The number of ether oxygens (including phenoxy) is 1. The Labute approximate surface area is 176 Å². The highest BCUT2D eigenvalue weighted by molar-refractivity contribution is 9.10. The number of benzene rings is 1. The molecule has 0 spiro atoms. The summed E-state index contributed by atoms with van der Waals surface area (Å²) >= 11 is 4.73. The Kier molecular flexibility index (Phi) is 7.08. The molecule has 1 aliphatic heterocycles. The zero-order chi connectivity index (χ0) is 20.1. The summed E-state index contributed by atoms with van der Waals surface area (Å²) in [6.45, 7) is 4.27. The van der Waals surface area contributed by atoms with Crippen LogP contribution in [0, 0.1) is 0 Å². The van der Waals surface area contributed by atoms with Gasteiger partial charge in [0.15, 0.2) is 11.0 Å². The van der Waals surface area contributed by atoms with E-state index >= 15 is 0 Å². The highest BCUT2D eigenvalue weighted by Crippen LogP contribution is 2.21. The van der Waals surface area contributed by atoms with Crippen molar-refractivity contribution in [2.24, 2.45) is 7.05 Å². The van der Waals surface area contributed by atoms with E-state index in [2.05, 4.69) is 31.4 Å². The lowest BCUT2D eigenvalue weighted by Crippen LogP contribution is -2.41. The number of halogens is 1. The van der Waals surface area contributed by atoms with Crippen LogP contribution in [0.3, 0.4) is 0 Å². The Morgan fingerprint density at radius 1 is 1.29 bits per heavy atom. The van der Waals surface area contributed by atoms with Crippen LogP contribution in [0.2, 0.25) is 0 Å². The van der Waals surface area contributed by atoms with Crippen molar-refractivity contribution in [3.63, 3.8) is 0 Å². The minimum Gasteiger partial charge on any atom is -0.378 e. The third-order valence-corrected chi connectivity index (χ3v) is 6.11. The van der Waals surface area contributed by atoms with E-state index in [1.54, 1.807) is 11.0 Å². The van der Waals surface area contributed by atoms with Gasteiger partial charge in [0, 0.05) is 24.6 Å². The molecule has 1 aromatic heterocycles. The summed E-state index contributed by atoms with van der Waals surface area (Å²) in [7, 11) is 1.83. The van der Waals surface area contributed by atoms with Crippen LogP contribution in [0.25, 0.3) is 0 Å². The summed E-state index contributed by atoms with van der Waals surface area (Å²) in [6, 6.07) is 6.91. The summed E-state index contributed by atoms with van der Waals surface area (Å²) in [5, 5.41) is 11.9. The molecule has 2 heterocycles. The van der Waals surface area contributed by atoms with Crippen LogP contribution in [-0.4, -0.2) is 63.5 Å². The fourth-order valence-electron chi connectivity index (χ4n) is 2.84. The lowest BCUT2D eigenvalue weighted by atomic mass is 10.2. The maximum Gasteiger partial charge on any atom is 0.253 e. The largest absolute Gasteiger partial charge is 0.378 e. The van der Waals surface area contributed by atoms with Gasteiger partial charge in [0.1, 0.15) is 0 Å². The number of amides is 2. The molecule has 0 radical (unpaired) electrons. The van der Waals surface area contributed by atoms with Gasteiger partial charge in [-0.1, -0.05) is 23.9 Å². The molecule has 2 amide bonds. The molecule has 1 aliphatic rings. The van der Waals surface area contributed by atoms with Gasteiger partial charge >= 0.3 is 0 Å². The average Bonchev–Trinajstić information content (AvgIpc) is 3.07. The minimum atomic E-state index is -0.332. The van der Waals surface area contributed by atoms with Gasteiger partial charge < -0.3 is 19.5 Å². The van der Waals surface area contributed by atoms with Crippen LogP contribution in [0.1, 0.15) is 29.1 Å². The topological polar surface area (TPSA) is 89.3 Å². The first-order valence-corrected chi connectivity index (χ1v) is 10.7. The van der Waals surface area contributed by atoms with E-state index in [1.165, 1.54) is 11.8 Å². The third-order valence-electron chi connectivity index (χ3n) is 4.41.